The molecule has 1 aliphatic rings. The zero-order valence-electron chi connectivity index (χ0n) is 9.52. The molecule has 3 rings (SSSR count). The summed E-state index contributed by atoms with van der Waals surface area (Å²) < 4.78 is 8.97. The predicted octanol–water partition coefficient (Wildman–Crippen LogP) is 4.03. The van der Waals surface area contributed by atoms with Crippen LogP contribution in [0, 0.1) is 0 Å². The molecule has 0 fully saturated rings. The topological polar surface area (TPSA) is 33.6 Å². The Balaban J connectivity index is 1.80. The normalized spacial score (nSPS) is 14.2. The molecule has 2 aromatic carbocycles. The molecule has 3 nitrogen and oxygen atoms in total. The van der Waals surface area contributed by atoms with E-state index >= 15 is 0 Å². The molecule has 1 heterocycles. The van der Waals surface area contributed by atoms with Crippen molar-refractivity contribution in [3.8, 4) is 0 Å². The number of aryl methyl sites for hydroxylation is 1. The molecule has 1 aliphatic heterocycles. The van der Waals surface area contributed by atoms with Crippen LogP contribution >= 0.6 is 28.2 Å². The second-order valence-electron chi connectivity index (χ2n) is 4.09. The second-order valence-corrected chi connectivity index (χ2v) is 5.47. The molecule has 5 heteroatoms. The minimum absolute atomic E-state index is 0.868. The molecule has 0 saturated heterocycles. The van der Waals surface area contributed by atoms with E-state index in [4.69, 9.17) is 4.28 Å². The smallest absolute Gasteiger partial charge is 0.208 e. The minimum Gasteiger partial charge on any atom is -0.297 e. The summed E-state index contributed by atoms with van der Waals surface area (Å²) in [5.74, 6) is 0.898. The van der Waals surface area contributed by atoms with Crippen molar-refractivity contribution >= 4 is 44.8 Å². The molecule has 0 radical (unpaired) electrons. The zero-order chi connectivity index (χ0) is 12.4. The van der Waals surface area contributed by atoms with E-state index in [1.807, 2.05) is 0 Å². The molecule has 0 atom stereocenters. The van der Waals surface area contributed by atoms with Gasteiger partial charge in [0, 0.05) is 10.9 Å². The monoisotopic (exact) mass is 322 g/mol. The van der Waals surface area contributed by atoms with Crippen molar-refractivity contribution in [2.45, 2.75) is 12.8 Å². The number of hydrogen-bond acceptors (Lipinski definition) is 4. The summed E-state index contributed by atoms with van der Waals surface area (Å²) in [6, 6.07) is 12.8. The van der Waals surface area contributed by atoms with E-state index in [2.05, 4.69) is 62.2 Å². The third-order valence-electron chi connectivity index (χ3n) is 2.89. The van der Waals surface area contributed by atoms with E-state index in [1.165, 1.54) is 16.3 Å². The molecule has 0 amide bonds. The highest BCUT2D eigenvalue weighted by Crippen LogP contribution is 2.25. The van der Waals surface area contributed by atoms with Gasteiger partial charge in [0.1, 0.15) is 0 Å². The summed E-state index contributed by atoms with van der Waals surface area (Å²) in [4.78, 5) is 0. The van der Waals surface area contributed by atoms with E-state index in [0.717, 1.165) is 35.4 Å². The summed E-state index contributed by atoms with van der Waals surface area (Å²) >= 11 is 4.73. The van der Waals surface area contributed by atoms with Gasteiger partial charge in [0.05, 0.1) is 0 Å². The Hall–Kier alpha value is -1.20. The highest BCUT2D eigenvalue weighted by molar-refractivity contribution is 9.10. The largest absolute Gasteiger partial charge is 0.297 e. The number of rotatable bonds is 3. The highest BCUT2D eigenvalue weighted by Gasteiger charge is 2.08. The number of oxime groups is 1. The van der Waals surface area contributed by atoms with Gasteiger partial charge >= 0.3 is 0 Å². The van der Waals surface area contributed by atoms with Crippen LogP contribution in [0.5, 0.6) is 0 Å². The van der Waals surface area contributed by atoms with Crippen molar-refractivity contribution in [2.24, 2.45) is 5.16 Å². The average molecular weight is 323 g/mol. The molecule has 0 saturated carbocycles. The first kappa shape index (κ1) is 11.9. The van der Waals surface area contributed by atoms with Crippen LogP contribution in [0.2, 0.25) is 0 Å². The Labute approximate surface area is 118 Å². The number of benzene rings is 2. The second kappa shape index (κ2) is 5.20. The lowest BCUT2D eigenvalue weighted by Gasteiger charge is -2.04. The molecule has 92 valence electrons. The van der Waals surface area contributed by atoms with Crippen molar-refractivity contribution in [3.63, 3.8) is 0 Å². The molecule has 2 aromatic rings. The maximum atomic E-state index is 4.82. The van der Waals surface area contributed by atoms with Crippen molar-refractivity contribution in [3.05, 3.63) is 46.4 Å². The van der Waals surface area contributed by atoms with Crippen molar-refractivity contribution in [1.29, 1.82) is 0 Å². The fourth-order valence-electron chi connectivity index (χ4n) is 1.96. The van der Waals surface area contributed by atoms with Gasteiger partial charge in [0.15, 0.2) is 5.84 Å². The summed E-state index contributed by atoms with van der Waals surface area (Å²) in [6.45, 7) is 0. The van der Waals surface area contributed by atoms with Crippen molar-refractivity contribution in [1.82, 2.24) is 4.72 Å². The number of halogens is 1. The maximum Gasteiger partial charge on any atom is 0.208 e. The Morgan fingerprint density at radius 3 is 3.00 bits per heavy atom. The van der Waals surface area contributed by atoms with Gasteiger partial charge in [-0.1, -0.05) is 51.4 Å². The lowest BCUT2D eigenvalue weighted by atomic mass is 10.0. The lowest BCUT2D eigenvalue weighted by Crippen LogP contribution is -2.11. The first-order valence-electron chi connectivity index (χ1n) is 5.66. The molecular formula is C13H11BrN2OS. The number of hydrogen-bond donors (Lipinski definition) is 1. The molecule has 1 N–H and O–H groups in total. The third kappa shape index (κ3) is 2.47. The van der Waals surface area contributed by atoms with Gasteiger partial charge in [-0.15, -0.1) is 0 Å². The SMILES string of the molecule is Brc1cccc2cc(CCC3=NOSN3)ccc12. The van der Waals surface area contributed by atoms with Gasteiger partial charge in [-0.05, 0) is 28.8 Å². The summed E-state index contributed by atoms with van der Waals surface area (Å²) in [7, 11) is 0. The van der Waals surface area contributed by atoms with Crippen molar-refractivity contribution < 1.29 is 4.28 Å². The van der Waals surface area contributed by atoms with Crippen LogP contribution in [-0.4, -0.2) is 5.84 Å². The van der Waals surface area contributed by atoms with Crippen molar-refractivity contribution in [2.75, 3.05) is 0 Å². The van der Waals surface area contributed by atoms with E-state index in [0.29, 0.717) is 0 Å². The summed E-state index contributed by atoms with van der Waals surface area (Å²) in [5, 5.41) is 6.39. The number of nitrogens with one attached hydrogen (secondary N) is 1. The van der Waals surface area contributed by atoms with Crippen LogP contribution in [0.25, 0.3) is 10.8 Å². The molecular weight excluding hydrogens is 312 g/mol. The van der Waals surface area contributed by atoms with Crippen LogP contribution in [-0.2, 0) is 10.7 Å². The number of amidine groups is 1. The number of fused-ring (bicyclic) bond motifs is 1. The number of nitrogens with zero attached hydrogens (tertiary/aromatic N) is 1. The Bertz CT molecular complexity index is 615. The van der Waals surface area contributed by atoms with Gasteiger partial charge in [-0.3, -0.25) is 9.01 Å². The fraction of sp³-hybridized carbons (Fsp3) is 0.154. The molecule has 0 bridgehead atoms. The first-order chi connectivity index (χ1) is 8.83. The molecule has 0 aromatic heterocycles. The Kier molecular flexibility index (Phi) is 3.43. The predicted molar refractivity (Wildman–Crippen MR) is 79.2 cm³/mol. The minimum atomic E-state index is 0.868. The molecule has 0 spiro atoms. The van der Waals surface area contributed by atoms with Crippen LogP contribution in [0.15, 0.2) is 46.0 Å². The van der Waals surface area contributed by atoms with E-state index in [-0.39, 0.29) is 0 Å². The standard InChI is InChI=1S/C13H11BrN2OS/c14-12-3-1-2-10-8-9(4-6-11(10)12)5-7-13-15-17-18-16-13/h1-4,6,8H,5,7H2,(H,15,16). The molecule has 0 aliphatic carbocycles. The highest BCUT2D eigenvalue weighted by atomic mass is 79.9. The quantitative estimate of drug-likeness (QED) is 0.684. The van der Waals surface area contributed by atoms with E-state index in [1.54, 1.807) is 0 Å². The zero-order valence-corrected chi connectivity index (χ0v) is 11.9. The van der Waals surface area contributed by atoms with Gasteiger partial charge in [0.25, 0.3) is 0 Å². The van der Waals surface area contributed by atoms with Crippen LogP contribution < -0.4 is 4.72 Å². The van der Waals surface area contributed by atoms with E-state index in [9.17, 15) is 0 Å². The third-order valence-corrected chi connectivity index (χ3v) is 4.05. The lowest BCUT2D eigenvalue weighted by molar-refractivity contribution is 0.414. The van der Waals surface area contributed by atoms with Crippen LogP contribution in [0.1, 0.15) is 12.0 Å². The van der Waals surface area contributed by atoms with Crippen LogP contribution in [0.3, 0.4) is 0 Å². The van der Waals surface area contributed by atoms with Gasteiger partial charge in [0.2, 0.25) is 12.2 Å². The summed E-state index contributed by atoms with van der Waals surface area (Å²) in [6.07, 6.45) is 1.82. The average Bonchev–Trinajstić information content (AvgIpc) is 2.90. The Morgan fingerprint density at radius 2 is 2.17 bits per heavy atom. The van der Waals surface area contributed by atoms with Gasteiger partial charge < -0.3 is 0 Å². The van der Waals surface area contributed by atoms with Gasteiger partial charge in [-0.25, -0.2) is 0 Å². The maximum absolute atomic E-state index is 4.82. The molecule has 0 unspecified atom stereocenters. The van der Waals surface area contributed by atoms with E-state index < -0.39 is 0 Å². The Morgan fingerprint density at radius 1 is 1.22 bits per heavy atom. The van der Waals surface area contributed by atoms with Crippen LogP contribution in [0.4, 0.5) is 0 Å². The fourth-order valence-corrected chi connectivity index (χ4v) is 2.87. The molecule has 18 heavy (non-hydrogen) atoms. The van der Waals surface area contributed by atoms with Gasteiger partial charge in [-0.2, -0.15) is 0 Å². The first-order valence-corrected chi connectivity index (χ1v) is 7.19. The summed E-state index contributed by atoms with van der Waals surface area (Å²) in [5.41, 5.74) is 1.31.